The molecule has 0 aromatic heterocycles. The summed E-state index contributed by atoms with van der Waals surface area (Å²) in [5, 5.41) is 9.17. The van der Waals surface area contributed by atoms with E-state index in [2.05, 4.69) is 0 Å². The van der Waals surface area contributed by atoms with Crippen molar-refractivity contribution in [2.45, 2.75) is 32.2 Å². The standard InChI is InChI=1S/C11H21NO4S/c1-11(2,8-13)12(3)10(14)6-9-4-5-17(15,16)7-9/h9,13H,4-8H2,1-3H3. The molecule has 1 aliphatic heterocycles. The highest BCUT2D eigenvalue weighted by molar-refractivity contribution is 7.91. The minimum absolute atomic E-state index is 0.0653. The summed E-state index contributed by atoms with van der Waals surface area (Å²) in [5.74, 6) is 0.139. The van der Waals surface area contributed by atoms with Crippen molar-refractivity contribution >= 4 is 15.7 Å². The molecule has 1 fully saturated rings. The molecule has 0 radical (unpaired) electrons. The Balaban J connectivity index is 2.56. The third kappa shape index (κ3) is 3.67. The summed E-state index contributed by atoms with van der Waals surface area (Å²) in [6.07, 6.45) is 0.820. The van der Waals surface area contributed by atoms with Crippen molar-refractivity contribution in [2.75, 3.05) is 25.2 Å². The predicted octanol–water partition coefficient (Wildman–Crippen LogP) is 0.0405. The molecule has 0 spiro atoms. The van der Waals surface area contributed by atoms with Gasteiger partial charge in [-0.3, -0.25) is 4.79 Å². The minimum Gasteiger partial charge on any atom is -0.394 e. The van der Waals surface area contributed by atoms with E-state index >= 15 is 0 Å². The Bertz CT molecular complexity index is 388. The number of nitrogens with zero attached hydrogens (tertiary/aromatic N) is 1. The lowest BCUT2D eigenvalue weighted by molar-refractivity contribution is -0.136. The van der Waals surface area contributed by atoms with Gasteiger partial charge in [-0.1, -0.05) is 0 Å². The Labute approximate surface area is 103 Å². The summed E-state index contributed by atoms with van der Waals surface area (Å²) >= 11 is 0. The molecule has 1 atom stereocenters. The molecule has 0 saturated carbocycles. The van der Waals surface area contributed by atoms with Gasteiger partial charge in [0, 0.05) is 13.5 Å². The molecular weight excluding hydrogens is 242 g/mol. The number of amides is 1. The van der Waals surface area contributed by atoms with Crippen LogP contribution in [0.4, 0.5) is 0 Å². The van der Waals surface area contributed by atoms with Crippen LogP contribution in [0.15, 0.2) is 0 Å². The van der Waals surface area contributed by atoms with Gasteiger partial charge in [0.2, 0.25) is 5.91 Å². The zero-order valence-electron chi connectivity index (χ0n) is 10.6. The van der Waals surface area contributed by atoms with Crippen LogP contribution >= 0.6 is 0 Å². The van der Waals surface area contributed by atoms with Gasteiger partial charge in [0.1, 0.15) is 0 Å². The average molecular weight is 263 g/mol. The van der Waals surface area contributed by atoms with Crippen LogP contribution in [0.25, 0.3) is 0 Å². The molecule has 1 heterocycles. The van der Waals surface area contributed by atoms with E-state index in [9.17, 15) is 13.2 Å². The molecule has 1 N–H and O–H groups in total. The van der Waals surface area contributed by atoms with Crippen LogP contribution in [0.3, 0.4) is 0 Å². The van der Waals surface area contributed by atoms with Crippen LogP contribution in [0.5, 0.6) is 0 Å². The first-order valence-corrected chi connectivity index (χ1v) is 7.58. The summed E-state index contributed by atoms with van der Waals surface area (Å²) in [7, 11) is -1.29. The SMILES string of the molecule is CN(C(=O)CC1CCS(=O)(=O)C1)C(C)(C)CO. The zero-order chi connectivity index (χ0) is 13.3. The Morgan fingerprint density at radius 3 is 2.47 bits per heavy atom. The van der Waals surface area contributed by atoms with Crippen LogP contribution in [0.2, 0.25) is 0 Å². The lowest BCUT2D eigenvalue weighted by atomic mass is 10.0. The fraction of sp³-hybridized carbons (Fsp3) is 0.909. The van der Waals surface area contributed by atoms with Crippen LogP contribution in [0.1, 0.15) is 26.7 Å². The fourth-order valence-electron chi connectivity index (χ4n) is 1.86. The molecule has 0 aromatic rings. The van der Waals surface area contributed by atoms with Gasteiger partial charge < -0.3 is 10.0 Å². The monoisotopic (exact) mass is 263 g/mol. The average Bonchev–Trinajstić information content (AvgIpc) is 2.56. The van der Waals surface area contributed by atoms with Gasteiger partial charge in [-0.05, 0) is 26.2 Å². The van der Waals surface area contributed by atoms with Crippen molar-refractivity contribution in [1.82, 2.24) is 4.90 Å². The number of hydrogen-bond donors (Lipinski definition) is 1. The molecule has 1 rings (SSSR count). The quantitative estimate of drug-likeness (QED) is 0.777. The Morgan fingerprint density at radius 2 is 2.06 bits per heavy atom. The maximum absolute atomic E-state index is 11.9. The van der Waals surface area contributed by atoms with Gasteiger partial charge in [-0.15, -0.1) is 0 Å². The van der Waals surface area contributed by atoms with Gasteiger partial charge in [-0.2, -0.15) is 0 Å². The summed E-state index contributed by atoms with van der Waals surface area (Å²) in [6.45, 7) is 3.44. The minimum atomic E-state index is -2.93. The molecule has 1 unspecified atom stereocenters. The van der Waals surface area contributed by atoms with Crippen LogP contribution in [0, 0.1) is 5.92 Å². The number of rotatable bonds is 4. The lowest BCUT2D eigenvalue weighted by Gasteiger charge is -2.34. The summed E-state index contributed by atoms with van der Waals surface area (Å²) in [4.78, 5) is 13.4. The van der Waals surface area contributed by atoms with E-state index in [1.54, 1.807) is 20.9 Å². The highest BCUT2D eigenvalue weighted by atomic mass is 32.2. The Morgan fingerprint density at radius 1 is 1.47 bits per heavy atom. The molecule has 5 nitrogen and oxygen atoms in total. The highest BCUT2D eigenvalue weighted by Crippen LogP contribution is 2.23. The van der Waals surface area contributed by atoms with Gasteiger partial charge >= 0.3 is 0 Å². The molecule has 0 bridgehead atoms. The Hall–Kier alpha value is -0.620. The van der Waals surface area contributed by atoms with Gasteiger partial charge in [0.05, 0.1) is 23.7 Å². The summed E-state index contributed by atoms with van der Waals surface area (Å²) < 4.78 is 22.6. The molecule has 1 amide bonds. The van der Waals surface area contributed by atoms with Crippen molar-refractivity contribution in [3.05, 3.63) is 0 Å². The molecule has 0 aliphatic carbocycles. The molecule has 6 heteroatoms. The van der Waals surface area contributed by atoms with E-state index in [4.69, 9.17) is 5.11 Å². The molecular formula is C11H21NO4S. The van der Waals surface area contributed by atoms with E-state index in [0.29, 0.717) is 6.42 Å². The lowest BCUT2D eigenvalue weighted by Crippen LogP contribution is -2.48. The number of aliphatic hydroxyl groups is 1. The van der Waals surface area contributed by atoms with Crippen molar-refractivity contribution in [1.29, 1.82) is 0 Å². The van der Waals surface area contributed by atoms with Crippen molar-refractivity contribution < 1.29 is 18.3 Å². The summed E-state index contributed by atoms with van der Waals surface area (Å²) in [5.41, 5.74) is -0.603. The second kappa shape index (κ2) is 4.94. The van der Waals surface area contributed by atoms with E-state index in [1.807, 2.05) is 0 Å². The molecule has 17 heavy (non-hydrogen) atoms. The maximum Gasteiger partial charge on any atom is 0.223 e. The van der Waals surface area contributed by atoms with E-state index in [1.165, 1.54) is 4.90 Å². The predicted molar refractivity (Wildman–Crippen MR) is 65.3 cm³/mol. The number of aliphatic hydroxyl groups excluding tert-OH is 1. The molecule has 1 aliphatic rings. The van der Waals surface area contributed by atoms with E-state index < -0.39 is 15.4 Å². The van der Waals surface area contributed by atoms with Gasteiger partial charge in [-0.25, -0.2) is 8.42 Å². The van der Waals surface area contributed by atoms with Crippen molar-refractivity contribution in [2.24, 2.45) is 5.92 Å². The Kier molecular flexibility index (Phi) is 4.19. The first-order valence-electron chi connectivity index (χ1n) is 5.76. The third-order valence-corrected chi connectivity index (χ3v) is 5.30. The molecule has 100 valence electrons. The normalized spacial score (nSPS) is 23.6. The first kappa shape index (κ1) is 14.4. The first-order chi connectivity index (χ1) is 7.68. The summed E-state index contributed by atoms with van der Waals surface area (Å²) in [6, 6.07) is 0. The number of carbonyl (C=O) groups is 1. The maximum atomic E-state index is 11.9. The number of likely N-dealkylation sites (N-methyl/N-ethyl adjacent to an activating group) is 1. The number of hydrogen-bond acceptors (Lipinski definition) is 4. The van der Waals surface area contributed by atoms with Crippen LogP contribution in [-0.4, -0.2) is 55.0 Å². The second-order valence-corrected chi connectivity index (χ2v) is 7.63. The fourth-order valence-corrected chi connectivity index (χ4v) is 3.72. The topological polar surface area (TPSA) is 74.7 Å². The number of sulfone groups is 1. The second-order valence-electron chi connectivity index (χ2n) is 5.40. The van der Waals surface area contributed by atoms with Crippen LogP contribution < -0.4 is 0 Å². The molecule has 0 aromatic carbocycles. The van der Waals surface area contributed by atoms with Crippen molar-refractivity contribution in [3.63, 3.8) is 0 Å². The van der Waals surface area contributed by atoms with E-state index in [-0.39, 0.29) is 36.4 Å². The third-order valence-electron chi connectivity index (χ3n) is 3.46. The van der Waals surface area contributed by atoms with E-state index in [0.717, 1.165) is 0 Å². The molecule has 1 saturated heterocycles. The smallest absolute Gasteiger partial charge is 0.223 e. The number of carbonyl (C=O) groups excluding carboxylic acids is 1. The largest absolute Gasteiger partial charge is 0.394 e. The van der Waals surface area contributed by atoms with Gasteiger partial charge in [0.25, 0.3) is 0 Å². The van der Waals surface area contributed by atoms with Gasteiger partial charge in [0.15, 0.2) is 9.84 Å². The van der Waals surface area contributed by atoms with Crippen molar-refractivity contribution in [3.8, 4) is 0 Å². The zero-order valence-corrected chi connectivity index (χ0v) is 11.5. The highest BCUT2D eigenvalue weighted by Gasteiger charge is 2.33. The van der Waals surface area contributed by atoms with Crippen LogP contribution in [-0.2, 0) is 14.6 Å².